The topological polar surface area (TPSA) is 99.6 Å². The molecule has 3 rings (SSSR count). The number of nitrogens with zero attached hydrogens (tertiary/aromatic N) is 2. The van der Waals surface area contributed by atoms with Gasteiger partial charge in [-0.05, 0) is 50.7 Å². The summed E-state index contributed by atoms with van der Waals surface area (Å²) in [5, 5.41) is 10.2. The number of halogens is 3. The molecule has 0 bridgehead atoms. The van der Waals surface area contributed by atoms with E-state index in [1.165, 1.54) is 0 Å². The molecule has 1 saturated carbocycles. The summed E-state index contributed by atoms with van der Waals surface area (Å²) in [7, 11) is 0. The van der Waals surface area contributed by atoms with E-state index in [1.807, 2.05) is 24.0 Å². The maximum atomic E-state index is 12.4. The molecule has 1 spiro atoms. The third kappa shape index (κ3) is 6.28. The maximum Gasteiger partial charge on any atom is 0.490 e. The average Bonchev–Trinajstić information content (AvgIpc) is 3.00. The first kappa shape index (κ1) is 24.4. The van der Waals surface area contributed by atoms with Crippen molar-refractivity contribution >= 4 is 17.8 Å². The van der Waals surface area contributed by atoms with E-state index in [2.05, 4.69) is 16.9 Å². The zero-order chi connectivity index (χ0) is 23.2. The number of carbonyl (C=O) groups excluding carboxylic acids is 2. The second-order valence-electron chi connectivity index (χ2n) is 7.82. The van der Waals surface area contributed by atoms with E-state index in [0.717, 1.165) is 37.7 Å². The lowest BCUT2D eigenvalue weighted by atomic mass is 9.77. The summed E-state index contributed by atoms with van der Waals surface area (Å²) in [5.41, 5.74) is 1.58. The molecule has 0 radical (unpaired) electrons. The first-order chi connectivity index (χ1) is 14.5. The lowest BCUT2D eigenvalue weighted by molar-refractivity contribution is -0.192. The van der Waals surface area contributed by atoms with Gasteiger partial charge in [-0.15, -0.1) is 6.58 Å². The average molecular weight is 441 g/mol. The van der Waals surface area contributed by atoms with Crippen molar-refractivity contribution in [2.24, 2.45) is 0 Å². The van der Waals surface area contributed by atoms with Crippen molar-refractivity contribution in [3.05, 3.63) is 42.2 Å². The molecule has 1 aliphatic heterocycles. The minimum Gasteiger partial charge on any atom is -0.475 e. The second-order valence-corrected chi connectivity index (χ2v) is 7.82. The number of carboxylic acid groups (broad SMARTS) is 1. The van der Waals surface area contributed by atoms with Gasteiger partial charge in [-0.1, -0.05) is 6.08 Å². The van der Waals surface area contributed by atoms with Gasteiger partial charge in [0.1, 0.15) is 0 Å². The molecule has 1 aromatic rings. The van der Waals surface area contributed by atoms with Crippen LogP contribution in [0.2, 0.25) is 0 Å². The van der Waals surface area contributed by atoms with E-state index >= 15 is 0 Å². The van der Waals surface area contributed by atoms with E-state index in [4.69, 9.17) is 9.90 Å². The Morgan fingerprint density at radius 3 is 2.45 bits per heavy atom. The monoisotopic (exact) mass is 441 g/mol. The fraction of sp³-hybridized carbons (Fsp3) is 0.524. The lowest BCUT2D eigenvalue weighted by Gasteiger charge is -2.43. The van der Waals surface area contributed by atoms with Gasteiger partial charge in [0.05, 0.1) is 5.56 Å². The molecule has 0 unspecified atom stereocenters. The Morgan fingerprint density at radius 1 is 1.32 bits per heavy atom. The highest BCUT2D eigenvalue weighted by Crippen LogP contribution is 2.42. The molecule has 2 aliphatic rings. The molecule has 10 heteroatoms. The Balaban J connectivity index is 0.000000423. The quantitative estimate of drug-likeness (QED) is 0.699. The van der Waals surface area contributed by atoms with Gasteiger partial charge < -0.3 is 15.3 Å². The Bertz CT molecular complexity index is 833. The number of aromatic nitrogens is 1. The van der Waals surface area contributed by atoms with Crippen LogP contribution in [0.3, 0.4) is 0 Å². The largest absolute Gasteiger partial charge is 0.490 e. The predicted octanol–water partition coefficient (Wildman–Crippen LogP) is 3.24. The van der Waals surface area contributed by atoms with E-state index in [0.29, 0.717) is 18.5 Å². The van der Waals surface area contributed by atoms with E-state index < -0.39 is 12.1 Å². The van der Waals surface area contributed by atoms with Gasteiger partial charge in [0, 0.05) is 36.9 Å². The number of pyridine rings is 1. The van der Waals surface area contributed by atoms with E-state index in [-0.39, 0.29) is 23.4 Å². The molecule has 31 heavy (non-hydrogen) atoms. The van der Waals surface area contributed by atoms with E-state index in [1.54, 1.807) is 12.4 Å². The van der Waals surface area contributed by atoms with Crippen molar-refractivity contribution in [2.75, 3.05) is 6.54 Å². The molecular formula is C21H26F3N3O4. The van der Waals surface area contributed by atoms with Gasteiger partial charge in [-0.25, -0.2) is 4.79 Å². The zero-order valence-electron chi connectivity index (χ0n) is 17.2. The minimum atomic E-state index is -5.08. The molecular weight excluding hydrogens is 415 g/mol. The van der Waals surface area contributed by atoms with Crippen molar-refractivity contribution < 1.29 is 32.7 Å². The van der Waals surface area contributed by atoms with Crippen molar-refractivity contribution in [3.63, 3.8) is 0 Å². The summed E-state index contributed by atoms with van der Waals surface area (Å²) in [4.78, 5) is 39.5. The highest BCUT2D eigenvalue weighted by molar-refractivity contribution is 5.94. The van der Waals surface area contributed by atoms with Crippen LogP contribution < -0.4 is 5.32 Å². The van der Waals surface area contributed by atoms with Crippen LogP contribution in [0.5, 0.6) is 0 Å². The van der Waals surface area contributed by atoms with Crippen LogP contribution in [0, 0.1) is 6.92 Å². The van der Waals surface area contributed by atoms with Gasteiger partial charge >= 0.3 is 12.1 Å². The van der Waals surface area contributed by atoms with Crippen LogP contribution in [0.15, 0.2) is 31.1 Å². The first-order valence-corrected chi connectivity index (χ1v) is 9.92. The number of hydrogen-bond acceptors (Lipinski definition) is 4. The van der Waals surface area contributed by atoms with Crippen molar-refractivity contribution in [2.45, 2.75) is 63.2 Å². The van der Waals surface area contributed by atoms with Crippen LogP contribution in [0.1, 0.15) is 54.4 Å². The number of carboxylic acids is 1. The highest BCUT2D eigenvalue weighted by atomic mass is 19.4. The molecule has 2 fully saturated rings. The van der Waals surface area contributed by atoms with Gasteiger partial charge in [0.2, 0.25) is 5.91 Å². The lowest BCUT2D eigenvalue weighted by Crippen LogP contribution is -2.51. The Hall–Kier alpha value is -2.91. The molecule has 1 saturated heterocycles. The fourth-order valence-corrected chi connectivity index (χ4v) is 4.07. The molecule has 7 nitrogen and oxygen atoms in total. The maximum absolute atomic E-state index is 12.4. The summed E-state index contributed by atoms with van der Waals surface area (Å²) < 4.78 is 31.7. The predicted molar refractivity (Wildman–Crippen MR) is 106 cm³/mol. The van der Waals surface area contributed by atoms with Gasteiger partial charge in [0.25, 0.3) is 5.91 Å². The number of hydrogen-bond donors (Lipinski definition) is 2. The summed E-state index contributed by atoms with van der Waals surface area (Å²) in [5.74, 6) is -2.58. The molecule has 2 amide bonds. The first-order valence-electron chi connectivity index (χ1n) is 9.92. The minimum absolute atomic E-state index is 0.0165. The highest BCUT2D eigenvalue weighted by Gasteiger charge is 2.46. The van der Waals surface area contributed by atoms with E-state index in [9.17, 15) is 22.8 Å². The molecule has 2 N–H and O–H groups in total. The number of nitrogens with one attached hydrogen (secondary N) is 1. The van der Waals surface area contributed by atoms with Crippen LogP contribution in [-0.2, 0) is 9.59 Å². The van der Waals surface area contributed by atoms with Crippen LogP contribution in [-0.4, -0.2) is 57.1 Å². The Labute approximate surface area is 178 Å². The molecule has 0 aromatic carbocycles. The van der Waals surface area contributed by atoms with Gasteiger partial charge in [-0.3, -0.25) is 14.6 Å². The van der Waals surface area contributed by atoms with Crippen molar-refractivity contribution in [1.29, 1.82) is 0 Å². The molecule has 1 aliphatic carbocycles. The number of carbonyl (C=O) groups is 3. The Morgan fingerprint density at radius 2 is 1.94 bits per heavy atom. The zero-order valence-corrected chi connectivity index (χ0v) is 17.2. The normalized spacial score (nSPS) is 23.2. The molecule has 170 valence electrons. The van der Waals surface area contributed by atoms with Crippen LogP contribution >= 0.6 is 0 Å². The fourth-order valence-electron chi connectivity index (χ4n) is 4.07. The van der Waals surface area contributed by atoms with Crippen molar-refractivity contribution in [3.8, 4) is 0 Å². The van der Waals surface area contributed by atoms with Gasteiger partial charge in [-0.2, -0.15) is 13.2 Å². The standard InChI is InChI=1S/C19H25N3O2.C2HF3O2/c1-3-10-22-17(23)6-9-19(22)7-4-16(5-8-19)21-18(24)15-11-14(2)12-20-13-15;3-2(4,5)1(6)7/h3,11-13,16H,1,4-10H2,2H3,(H,21,24);(H,6,7). The number of alkyl halides is 3. The SMILES string of the molecule is C=CCN1C(=O)CCC12CCC(NC(=O)c1cncc(C)c1)CC2.O=C(O)C(F)(F)F. The summed E-state index contributed by atoms with van der Waals surface area (Å²) >= 11 is 0. The number of likely N-dealkylation sites (tertiary alicyclic amines) is 1. The third-order valence-electron chi connectivity index (χ3n) is 5.62. The molecule has 0 atom stereocenters. The Kier molecular flexibility index (Phi) is 7.80. The smallest absolute Gasteiger partial charge is 0.475 e. The molecule has 2 heterocycles. The molecule has 1 aromatic heterocycles. The van der Waals surface area contributed by atoms with Crippen LogP contribution in [0.25, 0.3) is 0 Å². The van der Waals surface area contributed by atoms with Crippen LogP contribution in [0.4, 0.5) is 13.2 Å². The third-order valence-corrected chi connectivity index (χ3v) is 5.62. The van der Waals surface area contributed by atoms with Gasteiger partial charge in [0.15, 0.2) is 0 Å². The second kappa shape index (κ2) is 9.93. The summed E-state index contributed by atoms with van der Waals surface area (Å²) in [6.45, 7) is 6.33. The number of aryl methyl sites for hydroxylation is 1. The number of rotatable bonds is 4. The summed E-state index contributed by atoms with van der Waals surface area (Å²) in [6.07, 6.45) is 5.36. The summed E-state index contributed by atoms with van der Waals surface area (Å²) in [6, 6.07) is 2.03. The van der Waals surface area contributed by atoms with Crippen molar-refractivity contribution in [1.82, 2.24) is 15.2 Å². The number of aliphatic carboxylic acids is 1. The number of amides is 2.